The molecule has 144 valence electrons. The van der Waals surface area contributed by atoms with Gasteiger partial charge in [0.15, 0.2) is 0 Å². The van der Waals surface area contributed by atoms with E-state index in [0.717, 1.165) is 6.07 Å². The Balaban J connectivity index is 1.81. The molecule has 0 unspecified atom stereocenters. The zero-order chi connectivity index (χ0) is 19.5. The van der Waals surface area contributed by atoms with E-state index < -0.39 is 17.8 Å². The molecule has 2 aromatic rings. The van der Waals surface area contributed by atoms with Gasteiger partial charge < -0.3 is 10.0 Å². The number of fused-ring (bicyclic) bond motifs is 3. The number of halogens is 5. The number of nitrogens with zero attached hydrogens (tertiary/aromatic N) is 4. The predicted molar refractivity (Wildman–Crippen MR) is 96.1 cm³/mol. The number of carboxylic acid groups (broad SMARTS) is 1. The number of anilines is 1. The van der Waals surface area contributed by atoms with Crippen LogP contribution in [0, 0.1) is 0 Å². The smallest absolute Gasteiger partial charge is 0.417 e. The summed E-state index contributed by atoms with van der Waals surface area (Å²) in [6.45, 7) is 0.700. The molecule has 2 saturated heterocycles. The largest absolute Gasteiger partial charge is 0.465 e. The van der Waals surface area contributed by atoms with E-state index in [0.29, 0.717) is 31.7 Å². The van der Waals surface area contributed by atoms with Crippen LogP contribution in [-0.4, -0.2) is 51.2 Å². The second kappa shape index (κ2) is 6.37. The first-order valence-electron chi connectivity index (χ1n) is 8.15. The molecule has 0 radical (unpaired) electrons. The molecule has 0 aliphatic carbocycles. The predicted octanol–water partition coefficient (Wildman–Crippen LogP) is 4.40. The number of piperazine rings is 1. The normalized spacial score (nSPS) is 22.6. The van der Waals surface area contributed by atoms with E-state index in [4.69, 9.17) is 11.6 Å². The molecule has 1 N–H and O–H groups in total. The lowest BCUT2D eigenvalue weighted by Gasteiger charge is -2.40. The summed E-state index contributed by atoms with van der Waals surface area (Å²) in [5, 5.41) is 9.54. The zero-order valence-corrected chi connectivity index (χ0v) is 16.0. The highest BCUT2D eigenvalue weighted by Crippen LogP contribution is 2.40. The molecule has 3 heterocycles. The van der Waals surface area contributed by atoms with Crippen LogP contribution in [0.25, 0.3) is 10.9 Å². The summed E-state index contributed by atoms with van der Waals surface area (Å²) < 4.78 is 39.8. The van der Waals surface area contributed by atoms with E-state index >= 15 is 0 Å². The van der Waals surface area contributed by atoms with Crippen LogP contribution in [0.15, 0.2) is 16.6 Å². The molecular weight excluding hydrogens is 453 g/mol. The van der Waals surface area contributed by atoms with Crippen molar-refractivity contribution in [1.29, 1.82) is 0 Å². The Kier molecular flexibility index (Phi) is 4.38. The summed E-state index contributed by atoms with van der Waals surface area (Å²) in [4.78, 5) is 22.9. The van der Waals surface area contributed by atoms with E-state index in [2.05, 4.69) is 25.9 Å². The number of benzene rings is 1. The molecule has 11 heteroatoms. The van der Waals surface area contributed by atoms with Gasteiger partial charge in [-0.25, -0.2) is 9.78 Å². The van der Waals surface area contributed by atoms with Crippen molar-refractivity contribution >= 4 is 50.3 Å². The van der Waals surface area contributed by atoms with Gasteiger partial charge >= 0.3 is 12.3 Å². The summed E-state index contributed by atoms with van der Waals surface area (Å²) in [5.41, 5.74) is -0.535. The molecule has 6 nitrogen and oxygen atoms in total. The van der Waals surface area contributed by atoms with Gasteiger partial charge in [0.1, 0.15) is 5.82 Å². The lowest BCUT2D eigenvalue weighted by Crippen LogP contribution is -2.55. The number of amides is 1. The fraction of sp³-hybridized carbons (Fsp3) is 0.438. The van der Waals surface area contributed by atoms with Crippen LogP contribution in [0.4, 0.5) is 23.8 Å². The molecular formula is C16H13BrClF3N4O2. The Morgan fingerprint density at radius 1 is 1.22 bits per heavy atom. The summed E-state index contributed by atoms with van der Waals surface area (Å²) in [7, 11) is 0. The van der Waals surface area contributed by atoms with Gasteiger partial charge in [-0.2, -0.15) is 18.2 Å². The number of rotatable bonds is 1. The van der Waals surface area contributed by atoms with Crippen molar-refractivity contribution in [3.63, 3.8) is 0 Å². The summed E-state index contributed by atoms with van der Waals surface area (Å²) >= 11 is 8.94. The Hall–Kier alpha value is -1.81. The molecule has 4 rings (SSSR count). The third-order valence-corrected chi connectivity index (χ3v) is 5.87. The van der Waals surface area contributed by atoms with Crippen LogP contribution >= 0.6 is 27.5 Å². The molecule has 1 aromatic carbocycles. The highest BCUT2D eigenvalue weighted by Gasteiger charge is 2.43. The molecule has 2 atom stereocenters. The molecule has 1 aromatic heterocycles. The molecule has 27 heavy (non-hydrogen) atoms. The Bertz CT molecular complexity index is 928. The van der Waals surface area contributed by atoms with Crippen molar-refractivity contribution in [2.75, 3.05) is 18.0 Å². The number of hydrogen-bond acceptors (Lipinski definition) is 4. The van der Waals surface area contributed by atoms with E-state index in [9.17, 15) is 23.1 Å². The molecule has 0 saturated carbocycles. The second-order valence-electron chi connectivity index (χ2n) is 6.64. The van der Waals surface area contributed by atoms with Crippen molar-refractivity contribution in [3.8, 4) is 0 Å². The van der Waals surface area contributed by atoms with Gasteiger partial charge in [-0.3, -0.25) is 4.90 Å². The Labute approximate surface area is 165 Å². The minimum atomic E-state index is -4.54. The van der Waals surface area contributed by atoms with Gasteiger partial charge in [0.2, 0.25) is 5.28 Å². The minimum Gasteiger partial charge on any atom is -0.465 e. The van der Waals surface area contributed by atoms with Gasteiger partial charge in [-0.15, -0.1) is 0 Å². The lowest BCUT2D eigenvalue weighted by atomic mass is 10.1. The monoisotopic (exact) mass is 464 g/mol. The van der Waals surface area contributed by atoms with Gasteiger partial charge in [0.05, 0.1) is 23.2 Å². The van der Waals surface area contributed by atoms with Crippen LogP contribution in [0.3, 0.4) is 0 Å². The molecule has 2 bridgehead atoms. The fourth-order valence-electron chi connectivity index (χ4n) is 3.95. The minimum absolute atomic E-state index is 0.0721. The Morgan fingerprint density at radius 3 is 2.41 bits per heavy atom. The number of hydrogen-bond donors (Lipinski definition) is 1. The third-order valence-electron chi connectivity index (χ3n) is 5.05. The van der Waals surface area contributed by atoms with Crippen molar-refractivity contribution in [3.05, 3.63) is 27.5 Å². The fourth-order valence-corrected chi connectivity index (χ4v) is 4.68. The first kappa shape index (κ1) is 18.5. The Morgan fingerprint density at radius 2 is 1.85 bits per heavy atom. The van der Waals surface area contributed by atoms with Crippen LogP contribution in [0.1, 0.15) is 18.4 Å². The van der Waals surface area contributed by atoms with E-state index in [1.54, 1.807) is 0 Å². The van der Waals surface area contributed by atoms with Crippen LogP contribution in [-0.2, 0) is 6.18 Å². The van der Waals surface area contributed by atoms with Gasteiger partial charge in [-0.1, -0.05) is 15.9 Å². The average molecular weight is 466 g/mol. The summed E-state index contributed by atoms with van der Waals surface area (Å²) in [6.07, 6.45) is -4.09. The lowest BCUT2D eigenvalue weighted by molar-refractivity contribution is -0.138. The third kappa shape index (κ3) is 3.18. The zero-order valence-electron chi connectivity index (χ0n) is 13.7. The van der Waals surface area contributed by atoms with Gasteiger partial charge in [-0.05, 0) is 36.6 Å². The van der Waals surface area contributed by atoms with Crippen LogP contribution in [0.2, 0.25) is 5.28 Å². The molecule has 1 amide bonds. The van der Waals surface area contributed by atoms with Gasteiger partial charge in [0, 0.05) is 22.9 Å². The van der Waals surface area contributed by atoms with E-state index in [1.807, 2.05) is 4.90 Å². The molecule has 2 aliphatic rings. The quantitative estimate of drug-likeness (QED) is 0.633. The average Bonchev–Trinajstić information content (AvgIpc) is 2.83. The molecule has 0 spiro atoms. The van der Waals surface area contributed by atoms with Crippen LogP contribution in [0.5, 0.6) is 0 Å². The van der Waals surface area contributed by atoms with Crippen molar-refractivity contribution in [2.45, 2.75) is 31.1 Å². The second-order valence-corrected chi connectivity index (χ2v) is 7.84. The highest BCUT2D eigenvalue weighted by atomic mass is 79.9. The SMILES string of the molecule is O=C(O)N1[C@@H]2CC[C@H]1CN(c1nc(Cl)nc3cc(Br)c(C(F)(F)F)cc13)C2. The van der Waals surface area contributed by atoms with Crippen molar-refractivity contribution < 1.29 is 23.1 Å². The van der Waals surface area contributed by atoms with E-state index in [1.165, 1.54) is 11.0 Å². The maximum absolute atomic E-state index is 13.3. The number of aromatic nitrogens is 2. The molecule has 2 fully saturated rings. The highest BCUT2D eigenvalue weighted by molar-refractivity contribution is 9.10. The number of alkyl halides is 3. The maximum atomic E-state index is 13.3. The molecule has 2 aliphatic heterocycles. The number of carbonyl (C=O) groups is 1. The van der Waals surface area contributed by atoms with Gasteiger partial charge in [0.25, 0.3) is 0 Å². The van der Waals surface area contributed by atoms with Crippen molar-refractivity contribution in [2.24, 2.45) is 0 Å². The maximum Gasteiger partial charge on any atom is 0.417 e. The topological polar surface area (TPSA) is 69.6 Å². The first-order chi connectivity index (χ1) is 12.6. The standard InChI is InChI=1S/C16H13BrClF3N4O2/c17-11-4-12-9(3-10(11)16(19,20)21)13(23-14(18)22-12)24-5-7-1-2-8(6-24)25(7)15(26)27/h3-4,7-8H,1-2,5-6H2,(H,26,27)/t7-,8+. The summed E-state index contributed by atoms with van der Waals surface area (Å²) in [5.74, 6) is 0.296. The van der Waals surface area contributed by atoms with Crippen molar-refractivity contribution in [1.82, 2.24) is 14.9 Å². The van der Waals surface area contributed by atoms with Crippen LogP contribution < -0.4 is 4.90 Å². The summed E-state index contributed by atoms with van der Waals surface area (Å²) in [6, 6.07) is 1.85. The first-order valence-corrected chi connectivity index (χ1v) is 9.32. The van der Waals surface area contributed by atoms with E-state index in [-0.39, 0.29) is 32.7 Å².